The number of rotatable bonds is 5. The van der Waals surface area contributed by atoms with Gasteiger partial charge in [0, 0.05) is 24.7 Å². The molecule has 5 heteroatoms. The van der Waals surface area contributed by atoms with Crippen molar-refractivity contribution in [2.75, 3.05) is 23.4 Å². The third-order valence-electron chi connectivity index (χ3n) is 3.11. The average Bonchev–Trinajstić information content (AvgIpc) is 2.42. The Morgan fingerprint density at radius 1 is 1.35 bits per heavy atom. The molecule has 0 saturated heterocycles. The molecule has 20 heavy (non-hydrogen) atoms. The number of nitrogens with zero attached hydrogens (tertiary/aromatic N) is 1. The molecule has 2 amide bonds. The minimum atomic E-state index is -0.0258. The third kappa shape index (κ3) is 3.10. The predicted octanol–water partition coefficient (Wildman–Crippen LogP) is 2.56. The van der Waals surface area contributed by atoms with Gasteiger partial charge in [-0.25, -0.2) is 0 Å². The van der Waals surface area contributed by atoms with Crippen LogP contribution in [0.3, 0.4) is 0 Å². The lowest BCUT2D eigenvalue weighted by Crippen LogP contribution is -2.39. The van der Waals surface area contributed by atoms with Crippen molar-refractivity contribution in [2.45, 2.75) is 33.1 Å². The van der Waals surface area contributed by atoms with E-state index in [2.05, 4.69) is 5.32 Å². The molecule has 0 fully saturated rings. The van der Waals surface area contributed by atoms with Crippen molar-refractivity contribution in [3.8, 4) is 5.75 Å². The lowest BCUT2D eigenvalue weighted by Gasteiger charge is -2.29. The van der Waals surface area contributed by atoms with Gasteiger partial charge >= 0.3 is 0 Å². The van der Waals surface area contributed by atoms with Crippen LogP contribution in [0.2, 0.25) is 0 Å². The molecular weight excluding hydrogens is 256 g/mol. The van der Waals surface area contributed by atoms with Gasteiger partial charge in [-0.15, -0.1) is 0 Å². The fourth-order valence-corrected chi connectivity index (χ4v) is 2.20. The van der Waals surface area contributed by atoms with Gasteiger partial charge in [-0.3, -0.25) is 9.59 Å². The molecule has 1 heterocycles. The smallest absolute Gasteiger partial charge is 0.265 e. The Bertz CT molecular complexity index is 514. The lowest BCUT2D eigenvalue weighted by molar-refractivity contribution is -0.121. The fourth-order valence-electron chi connectivity index (χ4n) is 2.20. The highest BCUT2D eigenvalue weighted by atomic mass is 16.5. The maximum Gasteiger partial charge on any atom is 0.265 e. The molecule has 0 atom stereocenters. The molecule has 1 N–H and O–H groups in total. The van der Waals surface area contributed by atoms with Crippen LogP contribution in [0, 0.1) is 0 Å². The van der Waals surface area contributed by atoms with E-state index in [4.69, 9.17) is 4.74 Å². The molecule has 0 aliphatic carbocycles. The lowest BCUT2D eigenvalue weighted by atomic mass is 10.2. The number of amides is 2. The van der Waals surface area contributed by atoms with E-state index >= 15 is 0 Å². The molecule has 0 unspecified atom stereocenters. The van der Waals surface area contributed by atoms with E-state index in [-0.39, 0.29) is 18.4 Å². The maximum atomic E-state index is 11.8. The first-order valence-electron chi connectivity index (χ1n) is 7.02. The van der Waals surface area contributed by atoms with Crippen molar-refractivity contribution < 1.29 is 14.3 Å². The Morgan fingerprint density at radius 3 is 2.85 bits per heavy atom. The number of carbonyl (C=O) groups is 2. The number of hydrogen-bond acceptors (Lipinski definition) is 3. The summed E-state index contributed by atoms with van der Waals surface area (Å²) in [5.41, 5.74) is 1.48. The van der Waals surface area contributed by atoms with E-state index < -0.39 is 0 Å². The summed E-state index contributed by atoms with van der Waals surface area (Å²) in [4.78, 5) is 25.1. The first-order valence-corrected chi connectivity index (χ1v) is 7.02. The Labute approximate surface area is 118 Å². The van der Waals surface area contributed by atoms with Crippen LogP contribution in [0.15, 0.2) is 18.2 Å². The van der Waals surface area contributed by atoms with Crippen LogP contribution in [-0.2, 0) is 9.59 Å². The largest absolute Gasteiger partial charge is 0.481 e. The standard InChI is InChI=1S/C15H20N2O3/c1-3-5-14(18)16-11-6-7-12-13(9-11)20-10-15(19)17(12)8-4-2/h6-7,9H,3-5,8,10H2,1-2H3,(H,16,18). The number of nitrogens with one attached hydrogen (secondary N) is 1. The topological polar surface area (TPSA) is 58.6 Å². The van der Waals surface area contributed by atoms with Gasteiger partial charge in [0.15, 0.2) is 6.61 Å². The van der Waals surface area contributed by atoms with Crippen LogP contribution in [-0.4, -0.2) is 25.0 Å². The second-order valence-corrected chi connectivity index (χ2v) is 4.81. The number of anilines is 2. The van der Waals surface area contributed by atoms with Gasteiger partial charge in [-0.1, -0.05) is 13.8 Å². The maximum absolute atomic E-state index is 11.8. The number of benzene rings is 1. The van der Waals surface area contributed by atoms with Crippen molar-refractivity contribution in [1.82, 2.24) is 0 Å². The second kappa shape index (κ2) is 6.41. The van der Waals surface area contributed by atoms with Crippen LogP contribution in [0.25, 0.3) is 0 Å². The Hall–Kier alpha value is -2.04. The van der Waals surface area contributed by atoms with Gasteiger partial charge in [-0.2, -0.15) is 0 Å². The summed E-state index contributed by atoms with van der Waals surface area (Å²) in [5, 5.41) is 2.83. The van der Waals surface area contributed by atoms with Crippen LogP contribution < -0.4 is 15.0 Å². The van der Waals surface area contributed by atoms with E-state index in [1.165, 1.54) is 0 Å². The van der Waals surface area contributed by atoms with E-state index in [1.807, 2.05) is 19.9 Å². The molecule has 108 valence electrons. The molecule has 0 radical (unpaired) electrons. The van der Waals surface area contributed by atoms with Gasteiger partial charge < -0.3 is 15.0 Å². The fraction of sp³-hybridized carbons (Fsp3) is 0.467. The summed E-state index contributed by atoms with van der Waals surface area (Å²) < 4.78 is 5.45. The molecule has 5 nitrogen and oxygen atoms in total. The highest BCUT2D eigenvalue weighted by Gasteiger charge is 2.24. The molecule has 0 aromatic heterocycles. The van der Waals surface area contributed by atoms with Crippen molar-refractivity contribution in [1.29, 1.82) is 0 Å². The molecule has 1 aromatic carbocycles. The molecule has 1 aliphatic rings. The summed E-state index contributed by atoms with van der Waals surface area (Å²) in [6.45, 7) is 4.72. The Balaban J connectivity index is 2.19. The van der Waals surface area contributed by atoms with Crippen molar-refractivity contribution in [2.24, 2.45) is 0 Å². The van der Waals surface area contributed by atoms with Gasteiger partial charge in [0.2, 0.25) is 5.91 Å². The number of carbonyl (C=O) groups excluding carboxylic acids is 2. The van der Waals surface area contributed by atoms with Crippen LogP contribution >= 0.6 is 0 Å². The van der Waals surface area contributed by atoms with Crippen LogP contribution in [0.4, 0.5) is 11.4 Å². The molecule has 0 saturated carbocycles. The third-order valence-corrected chi connectivity index (χ3v) is 3.11. The van der Waals surface area contributed by atoms with Crippen LogP contribution in [0.1, 0.15) is 33.1 Å². The first kappa shape index (κ1) is 14.4. The SMILES string of the molecule is CCCC(=O)Nc1ccc2c(c1)OCC(=O)N2CCC. The number of hydrogen-bond donors (Lipinski definition) is 1. The zero-order valence-electron chi connectivity index (χ0n) is 11.9. The highest BCUT2D eigenvalue weighted by Crippen LogP contribution is 2.34. The van der Waals surface area contributed by atoms with E-state index in [0.29, 0.717) is 24.4 Å². The number of ether oxygens (including phenoxy) is 1. The van der Waals surface area contributed by atoms with E-state index in [0.717, 1.165) is 18.5 Å². The minimum absolute atomic E-state index is 0.00949. The van der Waals surface area contributed by atoms with E-state index in [9.17, 15) is 9.59 Å². The highest BCUT2D eigenvalue weighted by molar-refractivity contribution is 5.99. The summed E-state index contributed by atoms with van der Waals surface area (Å²) in [7, 11) is 0. The normalized spacial score (nSPS) is 13.7. The van der Waals surface area contributed by atoms with Gasteiger partial charge in [0.25, 0.3) is 5.91 Å². The van der Waals surface area contributed by atoms with Crippen molar-refractivity contribution >= 4 is 23.2 Å². The molecule has 1 aliphatic heterocycles. The monoisotopic (exact) mass is 276 g/mol. The Morgan fingerprint density at radius 2 is 2.15 bits per heavy atom. The predicted molar refractivity (Wildman–Crippen MR) is 78.1 cm³/mol. The van der Waals surface area contributed by atoms with Gasteiger partial charge in [0.05, 0.1) is 5.69 Å². The molecular formula is C15H20N2O3. The quantitative estimate of drug-likeness (QED) is 0.899. The zero-order valence-corrected chi connectivity index (χ0v) is 11.9. The summed E-state index contributed by atoms with van der Waals surface area (Å²) in [6, 6.07) is 5.40. The average molecular weight is 276 g/mol. The molecule has 1 aromatic rings. The number of fused-ring (bicyclic) bond motifs is 1. The second-order valence-electron chi connectivity index (χ2n) is 4.81. The van der Waals surface area contributed by atoms with Crippen molar-refractivity contribution in [3.63, 3.8) is 0 Å². The Kier molecular flexibility index (Phi) is 4.61. The summed E-state index contributed by atoms with van der Waals surface area (Å²) >= 11 is 0. The first-order chi connectivity index (χ1) is 9.65. The zero-order chi connectivity index (χ0) is 14.5. The van der Waals surface area contributed by atoms with Gasteiger partial charge in [-0.05, 0) is 25.0 Å². The molecule has 0 bridgehead atoms. The molecule has 0 spiro atoms. The van der Waals surface area contributed by atoms with Gasteiger partial charge in [0.1, 0.15) is 5.75 Å². The summed E-state index contributed by atoms with van der Waals surface area (Å²) in [5.74, 6) is 0.610. The summed E-state index contributed by atoms with van der Waals surface area (Å²) in [6.07, 6.45) is 2.20. The minimum Gasteiger partial charge on any atom is -0.481 e. The van der Waals surface area contributed by atoms with Crippen LogP contribution in [0.5, 0.6) is 5.75 Å². The van der Waals surface area contributed by atoms with Crippen molar-refractivity contribution in [3.05, 3.63) is 18.2 Å². The van der Waals surface area contributed by atoms with E-state index in [1.54, 1.807) is 17.0 Å². The molecule has 2 rings (SSSR count).